The second-order valence-corrected chi connectivity index (χ2v) is 7.80. The Labute approximate surface area is 182 Å². The molecule has 3 rings (SSSR count). The van der Waals surface area contributed by atoms with Gasteiger partial charge in [0.05, 0.1) is 25.7 Å². The molecule has 6 nitrogen and oxygen atoms in total. The number of hydrogen-bond donors (Lipinski definition) is 2. The van der Waals surface area contributed by atoms with Crippen molar-refractivity contribution in [3.63, 3.8) is 0 Å². The molecule has 7 heteroatoms. The summed E-state index contributed by atoms with van der Waals surface area (Å²) >= 11 is 6.04. The van der Waals surface area contributed by atoms with Crippen LogP contribution in [0.15, 0.2) is 48.5 Å². The maximum atomic E-state index is 11.9. The summed E-state index contributed by atoms with van der Waals surface area (Å²) in [5, 5.41) is 9.71. The molecule has 1 aliphatic rings. The standard InChI is InChI=1S/C23H29ClN2O4/c1-2-30-22(16-23(27)25-28)21(15-17-3-7-19(24)8-4-17)18-5-9-20(10-6-18)26-11-13-29-14-12-26/h3-10,21-22,28H,2,11-16H2,1H3,(H,25,27)/t21-,22?/m1/s1. The Morgan fingerprint density at radius 2 is 1.83 bits per heavy atom. The monoisotopic (exact) mass is 432 g/mol. The number of rotatable bonds is 9. The zero-order chi connectivity index (χ0) is 21.3. The minimum Gasteiger partial charge on any atom is -0.378 e. The van der Waals surface area contributed by atoms with Crippen LogP contribution in [-0.2, 0) is 20.7 Å². The van der Waals surface area contributed by atoms with Crippen molar-refractivity contribution < 1.29 is 19.5 Å². The number of hydrogen-bond acceptors (Lipinski definition) is 5. The maximum absolute atomic E-state index is 11.9. The third-order valence-electron chi connectivity index (χ3n) is 5.41. The lowest BCUT2D eigenvalue weighted by Gasteiger charge is -2.30. The predicted octanol–water partition coefficient (Wildman–Crippen LogP) is 3.80. The van der Waals surface area contributed by atoms with Crippen molar-refractivity contribution in [1.82, 2.24) is 5.48 Å². The highest BCUT2D eigenvalue weighted by Crippen LogP contribution is 2.31. The van der Waals surface area contributed by atoms with Crippen molar-refractivity contribution in [2.24, 2.45) is 0 Å². The van der Waals surface area contributed by atoms with E-state index in [-0.39, 0.29) is 18.4 Å². The minimum atomic E-state index is -0.459. The quantitative estimate of drug-likeness (QED) is 0.466. The first-order chi connectivity index (χ1) is 14.6. The molecule has 0 radical (unpaired) electrons. The first-order valence-electron chi connectivity index (χ1n) is 10.3. The van der Waals surface area contributed by atoms with Gasteiger partial charge in [-0.3, -0.25) is 10.0 Å². The van der Waals surface area contributed by atoms with Gasteiger partial charge in [0.15, 0.2) is 0 Å². The van der Waals surface area contributed by atoms with E-state index in [2.05, 4.69) is 29.2 Å². The Bertz CT molecular complexity index is 792. The Balaban J connectivity index is 1.86. The van der Waals surface area contributed by atoms with Crippen LogP contribution in [-0.4, -0.2) is 50.1 Å². The number of benzene rings is 2. The molecule has 0 spiro atoms. The molecule has 1 fully saturated rings. The van der Waals surface area contributed by atoms with Gasteiger partial charge in [-0.1, -0.05) is 35.9 Å². The average Bonchev–Trinajstić information content (AvgIpc) is 2.79. The van der Waals surface area contributed by atoms with Crippen LogP contribution in [0.2, 0.25) is 5.02 Å². The van der Waals surface area contributed by atoms with Crippen LogP contribution in [0, 0.1) is 0 Å². The van der Waals surface area contributed by atoms with Gasteiger partial charge in [0.25, 0.3) is 0 Å². The number of nitrogens with one attached hydrogen (secondary N) is 1. The van der Waals surface area contributed by atoms with Gasteiger partial charge >= 0.3 is 0 Å². The Morgan fingerprint density at radius 1 is 1.17 bits per heavy atom. The largest absolute Gasteiger partial charge is 0.378 e. The van der Waals surface area contributed by atoms with Crippen molar-refractivity contribution >= 4 is 23.2 Å². The van der Waals surface area contributed by atoms with E-state index in [0.717, 1.165) is 43.1 Å². The van der Waals surface area contributed by atoms with E-state index in [1.165, 1.54) is 0 Å². The van der Waals surface area contributed by atoms with Crippen molar-refractivity contribution in [1.29, 1.82) is 0 Å². The van der Waals surface area contributed by atoms with E-state index in [9.17, 15) is 4.79 Å². The third kappa shape index (κ3) is 6.19. The summed E-state index contributed by atoms with van der Waals surface area (Å²) in [5.41, 5.74) is 5.09. The summed E-state index contributed by atoms with van der Waals surface area (Å²) in [6, 6.07) is 16.2. The second-order valence-electron chi connectivity index (χ2n) is 7.36. The smallest absolute Gasteiger partial charge is 0.245 e. The fraction of sp³-hybridized carbons (Fsp3) is 0.435. The lowest BCUT2D eigenvalue weighted by atomic mass is 9.85. The summed E-state index contributed by atoms with van der Waals surface area (Å²) in [5.74, 6) is -0.512. The molecule has 0 saturated carbocycles. The van der Waals surface area contributed by atoms with E-state index < -0.39 is 5.91 Å². The van der Waals surface area contributed by atoms with E-state index in [4.69, 9.17) is 26.3 Å². The van der Waals surface area contributed by atoms with E-state index in [1.807, 2.05) is 31.2 Å². The fourth-order valence-corrected chi connectivity index (χ4v) is 3.98. The fourth-order valence-electron chi connectivity index (χ4n) is 3.85. The van der Waals surface area contributed by atoms with E-state index in [1.54, 1.807) is 5.48 Å². The number of halogens is 1. The molecule has 30 heavy (non-hydrogen) atoms. The molecular formula is C23H29ClN2O4. The highest BCUT2D eigenvalue weighted by atomic mass is 35.5. The third-order valence-corrected chi connectivity index (χ3v) is 5.66. The lowest BCUT2D eigenvalue weighted by Crippen LogP contribution is -2.36. The average molecular weight is 433 g/mol. The first kappa shape index (κ1) is 22.6. The van der Waals surface area contributed by atoms with Crippen LogP contribution < -0.4 is 10.4 Å². The van der Waals surface area contributed by atoms with Crippen LogP contribution in [0.3, 0.4) is 0 Å². The van der Waals surface area contributed by atoms with Crippen molar-refractivity contribution in [3.8, 4) is 0 Å². The van der Waals surface area contributed by atoms with Crippen molar-refractivity contribution in [2.45, 2.75) is 31.8 Å². The minimum absolute atomic E-state index is 0.0536. The zero-order valence-electron chi connectivity index (χ0n) is 17.2. The van der Waals surface area contributed by atoms with Crippen LogP contribution in [0.1, 0.15) is 30.4 Å². The maximum Gasteiger partial charge on any atom is 0.245 e. The first-order valence-corrected chi connectivity index (χ1v) is 10.7. The molecule has 2 atom stereocenters. The molecule has 0 aromatic heterocycles. The van der Waals surface area contributed by atoms with Crippen molar-refractivity contribution in [2.75, 3.05) is 37.8 Å². The normalized spacial score (nSPS) is 16.2. The molecule has 162 valence electrons. The number of ether oxygens (including phenoxy) is 2. The number of amides is 1. The second kappa shape index (κ2) is 11.3. The van der Waals surface area contributed by atoms with Crippen LogP contribution in [0.4, 0.5) is 5.69 Å². The van der Waals surface area contributed by atoms with E-state index in [0.29, 0.717) is 18.1 Å². The SMILES string of the molecule is CCOC(CC(=O)NO)[C@H](Cc1ccc(Cl)cc1)c1ccc(N2CCOCC2)cc1. The van der Waals surface area contributed by atoms with Gasteiger partial charge < -0.3 is 14.4 Å². The Hall–Kier alpha value is -2.12. The number of carbonyl (C=O) groups is 1. The number of hydroxylamine groups is 1. The molecular weight excluding hydrogens is 404 g/mol. The number of morpholine rings is 1. The Kier molecular flexibility index (Phi) is 8.51. The molecule has 2 N–H and O–H groups in total. The molecule has 1 amide bonds. The number of nitrogens with zero attached hydrogens (tertiary/aromatic N) is 1. The van der Waals surface area contributed by atoms with Gasteiger partial charge in [-0.05, 0) is 48.7 Å². The van der Waals surface area contributed by atoms with Gasteiger partial charge in [-0.2, -0.15) is 0 Å². The molecule has 2 aromatic rings. The van der Waals surface area contributed by atoms with E-state index >= 15 is 0 Å². The zero-order valence-corrected chi connectivity index (χ0v) is 18.0. The number of carbonyl (C=O) groups excluding carboxylic acids is 1. The van der Waals surface area contributed by atoms with Gasteiger partial charge in [-0.15, -0.1) is 0 Å². The highest BCUT2D eigenvalue weighted by Gasteiger charge is 2.27. The predicted molar refractivity (Wildman–Crippen MR) is 117 cm³/mol. The van der Waals surface area contributed by atoms with Crippen molar-refractivity contribution in [3.05, 3.63) is 64.7 Å². The van der Waals surface area contributed by atoms with Crippen LogP contribution >= 0.6 is 11.6 Å². The van der Waals surface area contributed by atoms with Gasteiger partial charge in [0.2, 0.25) is 5.91 Å². The highest BCUT2D eigenvalue weighted by molar-refractivity contribution is 6.30. The molecule has 1 heterocycles. The van der Waals surface area contributed by atoms with Crippen LogP contribution in [0.25, 0.3) is 0 Å². The summed E-state index contributed by atoms with van der Waals surface area (Å²) in [6.07, 6.45) is 0.401. The molecule has 1 unspecified atom stereocenters. The van der Waals surface area contributed by atoms with Crippen LogP contribution in [0.5, 0.6) is 0 Å². The summed E-state index contributed by atoms with van der Waals surface area (Å²) in [7, 11) is 0. The summed E-state index contributed by atoms with van der Waals surface area (Å²) < 4.78 is 11.4. The summed E-state index contributed by atoms with van der Waals surface area (Å²) in [6.45, 7) is 5.63. The molecule has 1 aliphatic heterocycles. The van der Waals surface area contributed by atoms with Gasteiger partial charge in [0.1, 0.15) is 0 Å². The Morgan fingerprint density at radius 3 is 2.43 bits per heavy atom. The summed E-state index contributed by atoms with van der Waals surface area (Å²) in [4.78, 5) is 14.2. The molecule has 0 aliphatic carbocycles. The molecule has 0 bridgehead atoms. The number of anilines is 1. The van der Waals surface area contributed by atoms with Gasteiger partial charge in [-0.25, -0.2) is 5.48 Å². The lowest BCUT2D eigenvalue weighted by molar-refractivity contribution is -0.132. The molecule has 1 saturated heterocycles. The molecule has 2 aromatic carbocycles. The topological polar surface area (TPSA) is 71.0 Å². The van der Waals surface area contributed by atoms with Gasteiger partial charge in [0, 0.05) is 36.3 Å².